The van der Waals surface area contributed by atoms with E-state index >= 15 is 0 Å². The minimum absolute atomic E-state index is 0. The van der Waals surface area contributed by atoms with Gasteiger partial charge in [0.1, 0.15) is 22.7 Å². The van der Waals surface area contributed by atoms with Crippen LogP contribution in [0.25, 0.3) is 44.7 Å². The normalized spacial score (nSPS) is 20.1. The van der Waals surface area contributed by atoms with Crippen LogP contribution in [0.2, 0.25) is 0 Å². The number of ether oxygens (including phenoxy) is 2. The summed E-state index contributed by atoms with van der Waals surface area (Å²) >= 11 is 3.45. The van der Waals surface area contributed by atoms with Crippen LogP contribution in [0.4, 0.5) is 0 Å². The fraction of sp³-hybridized carbons (Fsp3) is 0.375. The Bertz CT molecular complexity index is 2880. The third-order valence-electron chi connectivity index (χ3n) is 12.4. The van der Waals surface area contributed by atoms with Gasteiger partial charge in [0.25, 0.3) is 0 Å². The molecule has 7 aromatic rings. The molecule has 0 amide bonds. The highest BCUT2D eigenvalue weighted by Crippen LogP contribution is 2.43. The van der Waals surface area contributed by atoms with Crippen LogP contribution >= 0.6 is 15.9 Å². The Morgan fingerprint density at radius 3 is 1.66 bits per heavy atom. The van der Waals surface area contributed by atoms with Crippen LogP contribution in [0.15, 0.2) is 119 Å². The fourth-order valence-electron chi connectivity index (χ4n) is 8.64. The molecule has 2 unspecified atom stereocenters. The molecule has 2 saturated carbocycles. The van der Waals surface area contributed by atoms with E-state index in [1.165, 1.54) is 6.26 Å². The second-order valence-electron chi connectivity index (χ2n) is 17.5. The second kappa shape index (κ2) is 17.6. The zero-order valence-corrected chi connectivity index (χ0v) is 37.3. The standard InChI is InChI=1S/C27H28N4O4S.C20H21BrN4O2.CH4/c1-36(33,34)24-4-2-3-20(13-24)25-15-29-31-16-21(14-28-26(25)31)19-5-7-23(8-6-19)35-27(10-11-27)18-30-12-9-22(32)17-30;21-18-10-23-25-11-15(9-22-19(18)25)14-1-3-17(4-2-14)27-20(6-7-20)13-24-8-5-16(26)12-24;/h2-8,13-16,22,32H,9-12,17-18H2,1H3;1-4,9-11,16,26H,5-8,12-13H2;1H4. The number of benzene rings is 3. The van der Waals surface area contributed by atoms with Crippen molar-refractivity contribution in [1.82, 2.24) is 39.0 Å². The van der Waals surface area contributed by atoms with E-state index < -0.39 is 9.84 Å². The first-order chi connectivity index (χ1) is 30.4. The first-order valence-electron chi connectivity index (χ1n) is 21.4. The summed E-state index contributed by atoms with van der Waals surface area (Å²) in [6.45, 7) is 5.16. The molecular formula is C48H53BrN8O6S. The van der Waals surface area contributed by atoms with Crippen molar-refractivity contribution < 1.29 is 28.1 Å². The summed E-state index contributed by atoms with van der Waals surface area (Å²) in [7, 11) is -3.30. The van der Waals surface area contributed by atoms with Crippen molar-refractivity contribution in [2.75, 3.05) is 45.5 Å². The number of hydrogen-bond donors (Lipinski definition) is 2. The molecule has 0 spiro atoms. The Labute approximate surface area is 381 Å². The molecule has 2 aliphatic carbocycles. The number of rotatable bonds is 12. The van der Waals surface area contributed by atoms with Crippen molar-refractivity contribution >= 4 is 37.1 Å². The van der Waals surface area contributed by atoms with Gasteiger partial charge in [-0.1, -0.05) is 43.8 Å². The van der Waals surface area contributed by atoms with Gasteiger partial charge in [0.2, 0.25) is 0 Å². The Balaban J connectivity index is 0.000000166. The predicted molar refractivity (Wildman–Crippen MR) is 249 cm³/mol. The van der Waals surface area contributed by atoms with Gasteiger partial charge in [-0.15, -0.1) is 0 Å². The lowest BCUT2D eigenvalue weighted by atomic mass is 10.1. The number of aromatic nitrogens is 6. The highest BCUT2D eigenvalue weighted by molar-refractivity contribution is 9.10. The first-order valence-corrected chi connectivity index (χ1v) is 24.1. The van der Waals surface area contributed by atoms with Gasteiger partial charge >= 0.3 is 0 Å². The van der Waals surface area contributed by atoms with E-state index in [0.29, 0.717) is 5.65 Å². The zero-order chi connectivity index (χ0) is 43.3. The van der Waals surface area contributed by atoms with Crippen LogP contribution in [0.5, 0.6) is 11.5 Å². The van der Waals surface area contributed by atoms with Crippen LogP contribution in [0.3, 0.4) is 0 Å². The molecule has 0 bridgehead atoms. The van der Waals surface area contributed by atoms with E-state index in [1.54, 1.807) is 45.8 Å². The molecule has 4 fully saturated rings. The lowest BCUT2D eigenvalue weighted by Crippen LogP contribution is -2.36. The van der Waals surface area contributed by atoms with E-state index in [4.69, 9.17) is 9.47 Å². The molecule has 4 aromatic heterocycles. The SMILES string of the molecule is C.CS(=O)(=O)c1cccc(-c2cnn3cc(-c4ccc(OC5(CN6CCC(O)C6)CC5)cc4)cnc23)c1.OC1CCN(CC2(Oc3ccc(-c4cnc5c(Br)cnn5c4)cc3)CC2)C1. The Hall–Kier alpha value is -5.23. The summed E-state index contributed by atoms with van der Waals surface area (Å²) in [6.07, 6.45) is 17.8. The molecule has 2 N–H and O–H groups in total. The lowest BCUT2D eigenvalue weighted by Gasteiger charge is -2.24. The van der Waals surface area contributed by atoms with Gasteiger partial charge in [-0.2, -0.15) is 10.2 Å². The number of nitrogens with zero attached hydrogens (tertiary/aromatic N) is 8. The summed E-state index contributed by atoms with van der Waals surface area (Å²) in [5.74, 6) is 1.74. The van der Waals surface area contributed by atoms with Gasteiger partial charge in [0, 0.05) is 87.0 Å². The van der Waals surface area contributed by atoms with Gasteiger partial charge in [0.15, 0.2) is 21.1 Å². The van der Waals surface area contributed by atoms with Gasteiger partial charge in [-0.25, -0.2) is 27.4 Å². The van der Waals surface area contributed by atoms with Crippen LogP contribution in [-0.4, -0.2) is 127 Å². The van der Waals surface area contributed by atoms with Crippen LogP contribution in [0, 0.1) is 0 Å². The average Bonchev–Trinajstić information content (AvgIpc) is 3.91. The molecule has 2 saturated heterocycles. The zero-order valence-electron chi connectivity index (χ0n) is 34.9. The van der Waals surface area contributed by atoms with E-state index in [9.17, 15) is 18.6 Å². The van der Waals surface area contributed by atoms with Crippen LogP contribution in [0.1, 0.15) is 46.0 Å². The summed E-state index contributed by atoms with van der Waals surface area (Å²) in [6, 6.07) is 23.0. The van der Waals surface area contributed by atoms with E-state index in [-0.39, 0.29) is 35.7 Å². The van der Waals surface area contributed by atoms with Crippen molar-refractivity contribution in [2.45, 2.75) is 74.3 Å². The monoisotopic (exact) mass is 948 g/mol. The molecule has 334 valence electrons. The maximum Gasteiger partial charge on any atom is 0.175 e. The summed E-state index contributed by atoms with van der Waals surface area (Å²) in [5, 5.41) is 28.3. The van der Waals surface area contributed by atoms with E-state index in [0.717, 1.165) is 133 Å². The Kier molecular flexibility index (Phi) is 12.1. The molecular weight excluding hydrogens is 897 g/mol. The molecule has 2 atom stereocenters. The number of aliphatic hydroxyl groups excluding tert-OH is 2. The molecule has 4 aliphatic rings. The summed E-state index contributed by atoms with van der Waals surface area (Å²) in [5.41, 5.74) is 6.80. The Morgan fingerprint density at radius 1 is 0.672 bits per heavy atom. The maximum absolute atomic E-state index is 12.0. The van der Waals surface area contributed by atoms with Crippen molar-refractivity contribution in [3.05, 3.63) is 114 Å². The van der Waals surface area contributed by atoms with Crippen molar-refractivity contribution in [3.63, 3.8) is 0 Å². The minimum atomic E-state index is -3.30. The van der Waals surface area contributed by atoms with E-state index in [1.807, 2.05) is 61.1 Å². The van der Waals surface area contributed by atoms with Gasteiger partial charge in [0.05, 0.1) is 34.0 Å². The van der Waals surface area contributed by atoms with Crippen molar-refractivity contribution in [1.29, 1.82) is 0 Å². The van der Waals surface area contributed by atoms with Gasteiger partial charge in [-0.05, 0) is 108 Å². The highest BCUT2D eigenvalue weighted by Gasteiger charge is 2.48. The van der Waals surface area contributed by atoms with Gasteiger partial charge in [-0.3, -0.25) is 9.80 Å². The molecule has 64 heavy (non-hydrogen) atoms. The quantitative estimate of drug-likeness (QED) is 0.127. The first kappa shape index (κ1) is 44.0. The van der Waals surface area contributed by atoms with Crippen molar-refractivity contribution in [3.8, 4) is 44.9 Å². The third-order valence-corrected chi connectivity index (χ3v) is 14.1. The summed E-state index contributed by atoms with van der Waals surface area (Å²) in [4.78, 5) is 14.0. The topological polar surface area (TPSA) is 160 Å². The largest absolute Gasteiger partial charge is 0.486 e. The molecule has 16 heteroatoms. The minimum Gasteiger partial charge on any atom is -0.486 e. The smallest absolute Gasteiger partial charge is 0.175 e. The van der Waals surface area contributed by atoms with E-state index in [2.05, 4.69) is 58.0 Å². The van der Waals surface area contributed by atoms with Crippen LogP contribution < -0.4 is 9.47 Å². The molecule has 14 nitrogen and oxygen atoms in total. The molecule has 3 aromatic carbocycles. The van der Waals surface area contributed by atoms with Gasteiger partial charge < -0.3 is 19.7 Å². The highest BCUT2D eigenvalue weighted by atomic mass is 79.9. The average molecular weight is 950 g/mol. The summed E-state index contributed by atoms with van der Waals surface area (Å²) < 4.78 is 41.0. The number of halogens is 1. The fourth-order valence-corrected chi connectivity index (χ4v) is 9.68. The number of fused-ring (bicyclic) bond motifs is 2. The Morgan fingerprint density at radius 2 is 1.17 bits per heavy atom. The molecule has 0 radical (unpaired) electrons. The molecule has 6 heterocycles. The van der Waals surface area contributed by atoms with Crippen molar-refractivity contribution in [2.24, 2.45) is 0 Å². The molecule has 11 rings (SSSR count). The number of aliphatic hydroxyl groups is 2. The predicted octanol–water partition coefficient (Wildman–Crippen LogP) is 7.22. The van der Waals surface area contributed by atoms with Crippen LogP contribution in [-0.2, 0) is 9.84 Å². The number of hydrogen-bond acceptors (Lipinski definition) is 12. The number of sulfone groups is 1. The lowest BCUT2D eigenvalue weighted by molar-refractivity contribution is 0.113. The maximum atomic E-state index is 12.0. The molecule has 2 aliphatic heterocycles. The number of β-amino-alcohol motifs (C(OH)–C–C–N with tert-alkyl or cyclic N) is 2. The third kappa shape index (κ3) is 9.72. The number of likely N-dealkylation sites (tertiary alicyclic amines) is 2. The second-order valence-corrected chi connectivity index (χ2v) is 20.4.